The van der Waals surface area contributed by atoms with Crippen molar-refractivity contribution in [1.29, 1.82) is 5.26 Å². The predicted molar refractivity (Wildman–Crippen MR) is 79.8 cm³/mol. The van der Waals surface area contributed by atoms with Crippen LogP contribution < -0.4 is 10.6 Å². The van der Waals surface area contributed by atoms with E-state index < -0.39 is 5.54 Å². The monoisotopic (exact) mass is 267 g/mol. The molecule has 0 spiro atoms. The van der Waals surface area contributed by atoms with Crippen LogP contribution in [-0.2, 0) is 0 Å². The minimum absolute atomic E-state index is 0.614. The second-order valence-electron chi connectivity index (χ2n) is 5.09. The van der Waals surface area contributed by atoms with E-state index in [9.17, 15) is 0 Å². The van der Waals surface area contributed by atoms with Gasteiger partial charge in [0.25, 0.3) is 0 Å². The summed E-state index contributed by atoms with van der Waals surface area (Å²) in [7, 11) is 0. The SMILES string of the molecule is Cc1ccccc1Nc1cc(NC(C)(C)C#N)ncn1. The summed E-state index contributed by atoms with van der Waals surface area (Å²) in [6.07, 6.45) is 1.47. The van der Waals surface area contributed by atoms with Crippen LogP contribution in [0.1, 0.15) is 19.4 Å². The van der Waals surface area contributed by atoms with E-state index in [1.807, 2.05) is 31.2 Å². The normalized spacial score (nSPS) is 10.7. The number of anilines is 3. The molecular formula is C15H17N5. The Hall–Kier alpha value is -2.61. The van der Waals surface area contributed by atoms with Gasteiger partial charge in [0.05, 0.1) is 6.07 Å². The molecule has 0 aliphatic heterocycles. The first kappa shape index (κ1) is 13.8. The molecule has 5 heteroatoms. The predicted octanol–water partition coefficient (Wildman–Crippen LogP) is 3.24. The lowest BCUT2D eigenvalue weighted by atomic mass is 10.1. The van der Waals surface area contributed by atoms with Gasteiger partial charge in [0.15, 0.2) is 0 Å². The number of rotatable bonds is 4. The van der Waals surface area contributed by atoms with Crippen molar-refractivity contribution >= 4 is 17.3 Å². The molecule has 0 radical (unpaired) electrons. The van der Waals surface area contributed by atoms with Crippen LogP contribution in [0.15, 0.2) is 36.7 Å². The van der Waals surface area contributed by atoms with E-state index in [1.165, 1.54) is 6.33 Å². The fraction of sp³-hybridized carbons (Fsp3) is 0.267. The Labute approximate surface area is 118 Å². The molecular weight excluding hydrogens is 250 g/mol. The molecule has 2 rings (SSSR count). The molecule has 2 aromatic rings. The fourth-order valence-electron chi connectivity index (χ4n) is 1.69. The maximum absolute atomic E-state index is 9.02. The summed E-state index contributed by atoms with van der Waals surface area (Å²) >= 11 is 0. The molecule has 0 atom stereocenters. The van der Waals surface area contributed by atoms with E-state index in [0.29, 0.717) is 11.6 Å². The molecule has 0 fully saturated rings. The summed E-state index contributed by atoms with van der Waals surface area (Å²) in [6, 6.07) is 11.9. The Morgan fingerprint density at radius 2 is 1.85 bits per heavy atom. The molecule has 0 amide bonds. The van der Waals surface area contributed by atoms with Gasteiger partial charge >= 0.3 is 0 Å². The summed E-state index contributed by atoms with van der Waals surface area (Å²) < 4.78 is 0. The van der Waals surface area contributed by atoms with Gasteiger partial charge in [-0.05, 0) is 32.4 Å². The number of aryl methyl sites for hydroxylation is 1. The highest BCUT2D eigenvalue weighted by atomic mass is 15.1. The number of aromatic nitrogens is 2. The van der Waals surface area contributed by atoms with Crippen LogP contribution in [0.5, 0.6) is 0 Å². The van der Waals surface area contributed by atoms with Crippen molar-refractivity contribution in [2.45, 2.75) is 26.3 Å². The highest BCUT2D eigenvalue weighted by molar-refractivity contribution is 5.62. The zero-order chi connectivity index (χ0) is 14.6. The average Bonchev–Trinajstić information content (AvgIpc) is 2.41. The second-order valence-corrected chi connectivity index (χ2v) is 5.09. The molecule has 1 aromatic heterocycles. The van der Waals surface area contributed by atoms with Crippen LogP contribution in [-0.4, -0.2) is 15.5 Å². The zero-order valence-corrected chi connectivity index (χ0v) is 11.8. The summed E-state index contributed by atoms with van der Waals surface area (Å²) in [4.78, 5) is 8.31. The molecule has 1 aromatic carbocycles. The van der Waals surface area contributed by atoms with Gasteiger partial charge in [-0.3, -0.25) is 0 Å². The third kappa shape index (κ3) is 3.45. The first-order valence-electron chi connectivity index (χ1n) is 6.34. The minimum Gasteiger partial charge on any atom is -0.352 e. The number of hydrogen-bond donors (Lipinski definition) is 2. The van der Waals surface area contributed by atoms with Crippen molar-refractivity contribution in [1.82, 2.24) is 9.97 Å². The molecule has 2 N–H and O–H groups in total. The highest BCUT2D eigenvalue weighted by Crippen LogP contribution is 2.20. The van der Waals surface area contributed by atoms with Crippen molar-refractivity contribution in [3.63, 3.8) is 0 Å². The number of nitrogens with zero attached hydrogens (tertiary/aromatic N) is 3. The van der Waals surface area contributed by atoms with Crippen LogP contribution in [0.2, 0.25) is 0 Å². The molecule has 0 bridgehead atoms. The van der Waals surface area contributed by atoms with Gasteiger partial charge in [0.1, 0.15) is 23.5 Å². The third-order valence-electron chi connectivity index (χ3n) is 2.79. The highest BCUT2D eigenvalue weighted by Gasteiger charge is 2.16. The number of nitrogens with one attached hydrogen (secondary N) is 2. The van der Waals surface area contributed by atoms with Gasteiger partial charge in [0.2, 0.25) is 0 Å². The second kappa shape index (κ2) is 5.57. The van der Waals surface area contributed by atoms with Crippen molar-refractivity contribution in [2.24, 2.45) is 0 Å². The summed E-state index contributed by atoms with van der Waals surface area (Å²) in [5.74, 6) is 1.30. The van der Waals surface area contributed by atoms with E-state index in [1.54, 1.807) is 19.9 Å². The first-order chi connectivity index (χ1) is 9.50. The van der Waals surface area contributed by atoms with Gasteiger partial charge in [-0.15, -0.1) is 0 Å². The van der Waals surface area contributed by atoms with E-state index in [0.717, 1.165) is 11.3 Å². The number of para-hydroxylation sites is 1. The molecule has 20 heavy (non-hydrogen) atoms. The maximum Gasteiger partial charge on any atom is 0.135 e. The lowest BCUT2D eigenvalue weighted by Crippen LogP contribution is -2.28. The van der Waals surface area contributed by atoms with Crippen LogP contribution in [0.25, 0.3) is 0 Å². The Kier molecular flexibility index (Phi) is 3.85. The maximum atomic E-state index is 9.02. The third-order valence-corrected chi connectivity index (χ3v) is 2.79. The van der Waals surface area contributed by atoms with Crippen molar-refractivity contribution < 1.29 is 0 Å². The largest absolute Gasteiger partial charge is 0.352 e. The van der Waals surface area contributed by atoms with E-state index in [2.05, 4.69) is 26.7 Å². The van der Waals surface area contributed by atoms with Crippen LogP contribution in [0.3, 0.4) is 0 Å². The van der Waals surface area contributed by atoms with E-state index >= 15 is 0 Å². The minimum atomic E-state index is -0.672. The van der Waals surface area contributed by atoms with Crippen molar-refractivity contribution in [3.8, 4) is 6.07 Å². The Morgan fingerprint density at radius 3 is 2.55 bits per heavy atom. The van der Waals surface area contributed by atoms with Crippen molar-refractivity contribution in [3.05, 3.63) is 42.2 Å². The Balaban J connectivity index is 2.19. The summed E-state index contributed by atoms with van der Waals surface area (Å²) in [6.45, 7) is 5.62. The first-order valence-corrected chi connectivity index (χ1v) is 6.34. The van der Waals surface area contributed by atoms with Crippen LogP contribution in [0.4, 0.5) is 17.3 Å². The van der Waals surface area contributed by atoms with Gasteiger partial charge in [-0.2, -0.15) is 5.26 Å². The summed E-state index contributed by atoms with van der Waals surface area (Å²) in [5.41, 5.74) is 1.46. The standard InChI is InChI=1S/C15H17N5/c1-11-6-4-5-7-12(11)19-13-8-14(18-10-17-13)20-15(2,3)9-16/h4-8,10H,1-3H3,(H2,17,18,19,20). The van der Waals surface area contributed by atoms with Gasteiger partial charge in [-0.25, -0.2) is 9.97 Å². The van der Waals surface area contributed by atoms with Crippen LogP contribution >= 0.6 is 0 Å². The Morgan fingerprint density at radius 1 is 1.15 bits per heavy atom. The fourth-order valence-corrected chi connectivity index (χ4v) is 1.69. The number of benzene rings is 1. The van der Waals surface area contributed by atoms with Gasteiger partial charge in [0, 0.05) is 11.8 Å². The lowest BCUT2D eigenvalue weighted by molar-refractivity contribution is 0.723. The molecule has 0 saturated carbocycles. The van der Waals surface area contributed by atoms with Crippen LogP contribution in [0, 0.1) is 18.3 Å². The molecule has 0 unspecified atom stereocenters. The lowest BCUT2D eigenvalue weighted by Gasteiger charge is -2.18. The molecule has 102 valence electrons. The molecule has 1 heterocycles. The molecule has 5 nitrogen and oxygen atoms in total. The Bertz CT molecular complexity index is 643. The van der Waals surface area contributed by atoms with Gasteiger partial charge in [-0.1, -0.05) is 18.2 Å². The number of hydrogen-bond acceptors (Lipinski definition) is 5. The molecule has 0 saturated heterocycles. The van der Waals surface area contributed by atoms with E-state index in [-0.39, 0.29) is 0 Å². The van der Waals surface area contributed by atoms with E-state index in [4.69, 9.17) is 5.26 Å². The number of nitriles is 1. The molecule has 0 aliphatic rings. The molecule has 0 aliphatic carbocycles. The topological polar surface area (TPSA) is 73.6 Å². The summed E-state index contributed by atoms with van der Waals surface area (Å²) in [5, 5.41) is 15.3. The smallest absolute Gasteiger partial charge is 0.135 e. The van der Waals surface area contributed by atoms with Gasteiger partial charge < -0.3 is 10.6 Å². The van der Waals surface area contributed by atoms with Crippen molar-refractivity contribution in [2.75, 3.05) is 10.6 Å². The quantitative estimate of drug-likeness (QED) is 0.889. The zero-order valence-electron chi connectivity index (χ0n) is 11.8. The average molecular weight is 267 g/mol.